The van der Waals surface area contributed by atoms with Gasteiger partial charge in [0.15, 0.2) is 6.29 Å². The summed E-state index contributed by atoms with van der Waals surface area (Å²) in [5.41, 5.74) is 9.27. The molecule has 4 atom stereocenters. The van der Waals surface area contributed by atoms with Gasteiger partial charge in [0.1, 0.15) is 0 Å². The Kier molecular flexibility index (Phi) is 6.33. The van der Waals surface area contributed by atoms with Gasteiger partial charge < -0.3 is 15.6 Å². The lowest BCUT2D eigenvalue weighted by molar-refractivity contribution is -0.144. The molecule has 0 aromatic rings. The van der Waals surface area contributed by atoms with Gasteiger partial charge in [-0.3, -0.25) is 10.2 Å². The summed E-state index contributed by atoms with van der Waals surface area (Å²) < 4.78 is 5.35. The van der Waals surface area contributed by atoms with Gasteiger partial charge in [0.25, 0.3) is 0 Å². The van der Waals surface area contributed by atoms with E-state index in [1.807, 2.05) is 25.9 Å². The molecule has 120 valence electrons. The molecule has 0 aliphatic carbocycles. The first-order valence-corrected chi connectivity index (χ1v) is 7.17. The van der Waals surface area contributed by atoms with Gasteiger partial charge in [-0.25, -0.2) is 10.4 Å². The molecular formula is C13H31N5O2. The van der Waals surface area contributed by atoms with Gasteiger partial charge >= 0.3 is 0 Å². The van der Waals surface area contributed by atoms with E-state index in [-0.39, 0.29) is 23.8 Å². The van der Waals surface area contributed by atoms with Crippen LogP contribution in [0, 0.1) is 5.92 Å². The normalized spacial score (nSPS) is 30.1. The van der Waals surface area contributed by atoms with Crippen molar-refractivity contribution in [3.05, 3.63) is 0 Å². The molecule has 5 N–H and O–H groups in total. The molecule has 4 unspecified atom stereocenters. The number of hydrazine groups is 1. The van der Waals surface area contributed by atoms with Crippen molar-refractivity contribution in [1.82, 2.24) is 20.7 Å². The smallest absolute Gasteiger partial charge is 0.162 e. The highest BCUT2D eigenvalue weighted by atomic mass is 16.6. The summed E-state index contributed by atoms with van der Waals surface area (Å²) in [6, 6.07) is 0. The molecule has 0 spiro atoms. The van der Waals surface area contributed by atoms with E-state index in [1.165, 1.54) is 0 Å². The van der Waals surface area contributed by atoms with E-state index in [1.54, 1.807) is 0 Å². The van der Waals surface area contributed by atoms with Crippen LogP contribution in [0.15, 0.2) is 0 Å². The second-order valence-electron chi connectivity index (χ2n) is 6.51. The summed E-state index contributed by atoms with van der Waals surface area (Å²) >= 11 is 0. The molecule has 0 radical (unpaired) electrons. The predicted molar refractivity (Wildman–Crippen MR) is 79.3 cm³/mol. The van der Waals surface area contributed by atoms with Gasteiger partial charge in [0, 0.05) is 18.8 Å². The number of rotatable bonds is 6. The van der Waals surface area contributed by atoms with Gasteiger partial charge in [-0.15, -0.1) is 0 Å². The molecular weight excluding hydrogens is 258 g/mol. The summed E-state index contributed by atoms with van der Waals surface area (Å²) in [4.78, 5) is 2.04. The number of aliphatic hydroxyl groups is 1. The van der Waals surface area contributed by atoms with Crippen LogP contribution in [0.3, 0.4) is 0 Å². The van der Waals surface area contributed by atoms with Gasteiger partial charge in [-0.1, -0.05) is 0 Å². The molecule has 0 aromatic heterocycles. The lowest BCUT2D eigenvalue weighted by Crippen LogP contribution is -2.58. The Balaban J connectivity index is 2.88. The summed E-state index contributed by atoms with van der Waals surface area (Å²) in [5.74, 6) is -0.242. The summed E-state index contributed by atoms with van der Waals surface area (Å²) in [6.07, 6.45) is -1.35. The molecule has 20 heavy (non-hydrogen) atoms. The first-order valence-electron chi connectivity index (χ1n) is 7.17. The number of hydrogen-bond acceptors (Lipinski definition) is 7. The Hall–Kier alpha value is -0.280. The number of hydrogen-bond donors (Lipinski definition) is 4. The number of nitrogens with two attached hydrogens (primary N) is 1. The van der Waals surface area contributed by atoms with Crippen molar-refractivity contribution < 1.29 is 9.84 Å². The number of aliphatic hydroxyl groups excluding tert-OH is 1. The highest BCUT2D eigenvalue weighted by molar-refractivity contribution is 4.94. The van der Waals surface area contributed by atoms with Crippen molar-refractivity contribution in [2.24, 2.45) is 11.7 Å². The highest BCUT2D eigenvalue weighted by Crippen LogP contribution is 2.28. The molecule has 1 aliphatic rings. The second-order valence-corrected chi connectivity index (χ2v) is 6.51. The SMILES string of the molecule is CCOC(O)C1C(N)NN(C(C)(C)C)C1NCN(C)C. The van der Waals surface area contributed by atoms with Crippen LogP contribution in [0.1, 0.15) is 27.7 Å². The van der Waals surface area contributed by atoms with E-state index in [9.17, 15) is 5.11 Å². The largest absolute Gasteiger partial charge is 0.367 e. The summed E-state index contributed by atoms with van der Waals surface area (Å²) in [6.45, 7) is 9.33. The maximum Gasteiger partial charge on any atom is 0.162 e. The van der Waals surface area contributed by atoms with Crippen LogP contribution >= 0.6 is 0 Å². The van der Waals surface area contributed by atoms with Crippen LogP contribution in [0.5, 0.6) is 0 Å². The Labute approximate surface area is 122 Å². The number of nitrogens with zero attached hydrogens (tertiary/aromatic N) is 2. The first-order chi connectivity index (χ1) is 9.18. The molecule has 1 saturated heterocycles. The van der Waals surface area contributed by atoms with E-state index in [0.29, 0.717) is 13.3 Å². The topological polar surface area (TPSA) is 86.0 Å². The standard InChI is InChI=1S/C13H31N5O2/c1-7-20-12(19)9-10(14)16-18(13(2,3)4)11(9)15-8-17(5)6/h9-12,15-16,19H,7-8,14H2,1-6H3. The van der Waals surface area contributed by atoms with Crippen LogP contribution in [-0.4, -0.2) is 66.5 Å². The van der Waals surface area contributed by atoms with E-state index < -0.39 is 6.29 Å². The van der Waals surface area contributed by atoms with E-state index in [0.717, 1.165) is 0 Å². The summed E-state index contributed by atoms with van der Waals surface area (Å²) in [7, 11) is 3.98. The van der Waals surface area contributed by atoms with Crippen molar-refractivity contribution in [3.8, 4) is 0 Å². The fourth-order valence-corrected chi connectivity index (χ4v) is 2.43. The van der Waals surface area contributed by atoms with Gasteiger partial charge in [0.2, 0.25) is 0 Å². The van der Waals surface area contributed by atoms with Crippen LogP contribution in [-0.2, 0) is 4.74 Å². The minimum absolute atomic E-state index is 0.103. The van der Waals surface area contributed by atoms with E-state index in [2.05, 4.69) is 36.5 Å². The fourth-order valence-electron chi connectivity index (χ4n) is 2.43. The van der Waals surface area contributed by atoms with Gasteiger partial charge in [-0.05, 0) is 41.8 Å². The molecule has 1 heterocycles. The van der Waals surface area contributed by atoms with Crippen molar-refractivity contribution in [3.63, 3.8) is 0 Å². The van der Waals surface area contributed by atoms with Crippen molar-refractivity contribution in [2.45, 2.75) is 51.9 Å². The summed E-state index contributed by atoms with van der Waals surface area (Å²) in [5, 5.41) is 15.7. The van der Waals surface area contributed by atoms with Crippen molar-refractivity contribution >= 4 is 0 Å². The average Bonchev–Trinajstić information content (AvgIpc) is 2.63. The lowest BCUT2D eigenvalue weighted by Gasteiger charge is -2.38. The minimum Gasteiger partial charge on any atom is -0.367 e. The molecule has 1 rings (SSSR count). The van der Waals surface area contributed by atoms with Crippen molar-refractivity contribution in [2.75, 3.05) is 27.4 Å². The number of ether oxygens (including phenoxy) is 1. The molecule has 0 saturated carbocycles. The molecule has 1 fully saturated rings. The van der Waals surface area contributed by atoms with Crippen LogP contribution in [0.2, 0.25) is 0 Å². The Morgan fingerprint density at radius 1 is 1.45 bits per heavy atom. The fraction of sp³-hybridized carbons (Fsp3) is 1.00. The third-order valence-electron chi connectivity index (χ3n) is 3.35. The molecule has 1 aliphatic heterocycles. The Bertz CT molecular complexity index is 295. The molecule has 0 amide bonds. The van der Waals surface area contributed by atoms with Crippen LogP contribution in [0.25, 0.3) is 0 Å². The Morgan fingerprint density at radius 3 is 2.50 bits per heavy atom. The van der Waals surface area contributed by atoms with Crippen molar-refractivity contribution in [1.29, 1.82) is 0 Å². The number of nitrogens with one attached hydrogen (secondary N) is 2. The Morgan fingerprint density at radius 2 is 2.05 bits per heavy atom. The third-order valence-corrected chi connectivity index (χ3v) is 3.35. The molecule has 0 aromatic carbocycles. The predicted octanol–water partition coefficient (Wildman–Crippen LogP) is -0.704. The second kappa shape index (κ2) is 7.13. The highest BCUT2D eigenvalue weighted by Gasteiger charge is 2.47. The van der Waals surface area contributed by atoms with Crippen LogP contribution in [0.4, 0.5) is 0 Å². The zero-order chi connectivity index (χ0) is 15.5. The lowest BCUT2D eigenvalue weighted by atomic mass is 10.0. The van der Waals surface area contributed by atoms with E-state index >= 15 is 0 Å². The van der Waals surface area contributed by atoms with Gasteiger partial charge in [-0.2, -0.15) is 0 Å². The zero-order valence-electron chi connectivity index (χ0n) is 13.6. The quantitative estimate of drug-likeness (QED) is 0.481. The zero-order valence-corrected chi connectivity index (χ0v) is 13.6. The minimum atomic E-state index is -0.894. The average molecular weight is 289 g/mol. The first kappa shape index (κ1) is 17.8. The molecule has 0 bridgehead atoms. The monoisotopic (exact) mass is 289 g/mol. The van der Waals surface area contributed by atoms with Crippen LogP contribution < -0.4 is 16.5 Å². The third kappa shape index (κ3) is 4.36. The van der Waals surface area contributed by atoms with Gasteiger partial charge in [0.05, 0.1) is 18.2 Å². The van der Waals surface area contributed by atoms with E-state index in [4.69, 9.17) is 10.5 Å². The molecule has 7 nitrogen and oxygen atoms in total. The molecule has 7 heteroatoms. The maximum atomic E-state index is 10.2. The maximum absolute atomic E-state index is 10.2.